The first-order chi connectivity index (χ1) is 16.0. The third-order valence-corrected chi connectivity index (χ3v) is 5.23. The van der Waals surface area contributed by atoms with Crippen LogP contribution in [0.15, 0.2) is 81.9 Å². The van der Waals surface area contributed by atoms with Gasteiger partial charge in [-0.2, -0.15) is 0 Å². The minimum atomic E-state index is -0.382. The van der Waals surface area contributed by atoms with E-state index in [1.165, 1.54) is 6.07 Å². The highest BCUT2D eigenvalue weighted by Crippen LogP contribution is 2.16. The fourth-order valence-corrected chi connectivity index (χ4v) is 3.48. The lowest BCUT2D eigenvalue weighted by Crippen LogP contribution is -2.30. The molecule has 4 rings (SSSR count). The molecule has 168 valence electrons. The van der Waals surface area contributed by atoms with E-state index in [1.807, 2.05) is 31.2 Å². The Kier molecular flexibility index (Phi) is 6.90. The third kappa shape index (κ3) is 5.90. The Morgan fingerprint density at radius 2 is 1.79 bits per heavy atom. The van der Waals surface area contributed by atoms with Crippen LogP contribution in [-0.2, 0) is 19.6 Å². The zero-order valence-electron chi connectivity index (χ0n) is 18.0. The number of halogens is 1. The van der Waals surface area contributed by atoms with Gasteiger partial charge in [-0.1, -0.05) is 46.6 Å². The van der Waals surface area contributed by atoms with Crippen LogP contribution in [0.3, 0.4) is 0 Å². The van der Waals surface area contributed by atoms with Crippen molar-refractivity contribution in [2.75, 3.05) is 0 Å². The average molecular weight is 464 g/mol. The van der Waals surface area contributed by atoms with E-state index in [9.17, 15) is 9.59 Å². The van der Waals surface area contributed by atoms with Crippen molar-refractivity contribution >= 4 is 23.4 Å². The molecular weight excluding hydrogens is 442 g/mol. The Morgan fingerprint density at radius 3 is 2.52 bits per heavy atom. The number of rotatable bonds is 8. The van der Waals surface area contributed by atoms with Crippen molar-refractivity contribution in [1.82, 2.24) is 15.4 Å². The molecule has 2 heterocycles. The summed E-state index contributed by atoms with van der Waals surface area (Å²) in [4.78, 5) is 27.2. The van der Waals surface area contributed by atoms with Crippen LogP contribution >= 0.6 is 11.6 Å². The Hall–Kier alpha value is -3.84. The molecule has 8 heteroatoms. The van der Waals surface area contributed by atoms with Crippen molar-refractivity contribution in [3.63, 3.8) is 0 Å². The lowest BCUT2D eigenvalue weighted by atomic mass is 10.1. The average Bonchev–Trinajstić information content (AvgIpc) is 3.49. The first kappa shape index (κ1) is 22.4. The number of amides is 2. The summed E-state index contributed by atoms with van der Waals surface area (Å²) >= 11 is 5.98. The van der Waals surface area contributed by atoms with Crippen LogP contribution in [0.2, 0.25) is 5.02 Å². The van der Waals surface area contributed by atoms with Crippen molar-refractivity contribution in [2.45, 2.75) is 26.6 Å². The van der Waals surface area contributed by atoms with Gasteiger partial charge in [-0.3, -0.25) is 9.59 Å². The van der Waals surface area contributed by atoms with E-state index in [1.54, 1.807) is 47.6 Å². The fourth-order valence-electron chi connectivity index (χ4n) is 3.27. The summed E-state index contributed by atoms with van der Waals surface area (Å²) in [6.07, 6.45) is 1.56. The standard InChI is InChI=1S/C25H22ClN3O4/c1-17-7-9-19(10-8-17)25(31)29(15-21-6-3-11-32-21)16-22-13-23(28-33-22)24(30)27-14-18-4-2-5-20(26)12-18/h2-13H,14-16H2,1H3,(H,27,30). The lowest BCUT2D eigenvalue weighted by molar-refractivity contribution is 0.0700. The summed E-state index contributed by atoms with van der Waals surface area (Å²) < 4.78 is 10.8. The van der Waals surface area contributed by atoms with E-state index in [0.717, 1.165) is 11.1 Å². The number of carbonyl (C=O) groups is 2. The zero-order valence-corrected chi connectivity index (χ0v) is 18.7. The van der Waals surface area contributed by atoms with E-state index < -0.39 is 0 Å². The van der Waals surface area contributed by atoms with Gasteiger partial charge < -0.3 is 19.2 Å². The highest BCUT2D eigenvalue weighted by Gasteiger charge is 2.21. The number of aryl methyl sites for hydroxylation is 1. The van der Waals surface area contributed by atoms with Gasteiger partial charge in [-0.25, -0.2) is 0 Å². The minimum absolute atomic E-state index is 0.127. The molecule has 0 radical (unpaired) electrons. The number of hydrogen-bond acceptors (Lipinski definition) is 5. The van der Waals surface area contributed by atoms with E-state index in [4.69, 9.17) is 20.5 Å². The highest BCUT2D eigenvalue weighted by molar-refractivity contribution is 6.30. The lowest BCUT2D eigenvalue weighted by Gasteiger charge is -2.20. The Balaban J connectivity index is 1.45. The monoisotopic (exact) mass is 463 g/mol. The van der Waals surface area contributed by atoms with E-state index in [-0.39, 0.29) is 30.6 Å². The van der Waals surface area contributed by atoms with Gasteiger partial charge in [0, 0.05) is 23.2 Å². The van der Waals surface area contributed by atoms with Gasteiger partial charge in [0.05, 0.1) is 19.4 Å². The molecule has 2 aromatic heterocycles. The van der Waals surface area contributed by atoms with E-state index in [0.29, 0.717) is 28.7 Å². The van der Waals surface area contributed by atoms with Crippen LogP contribution in [0.1, 0.15) is 43.5 Å². The summed E-state index contributed by atoms with van der Waals surface area (Å²) in [5.74, 6) is 0.451. The molecule has 0 saturated heterocycles. The maximum absolute atomic E-state index is 13.1. The number of furan rings is 1. The molecule has 0 aliphatic carbocycles. The fraction of sp³-hybridized carbons (Fsp3) is 0.160. The summed E-state index contributed by atoms with van der Waals surface area (Å²) in [5, 5.41) is 7.25. The summed E-state index contributed by atoms with van der Waals surface area (Å²) in [7, 11) is 0. The van der Waals surface area contributed by atoms with Crippen LogP contribution in [-0.4, -0.2) is 21.9 Å². The van der Waals surface area contributed by atoms with Gasteiger partial charge in [-0.05, 0) is 48.9 Å². The number of carbonyl (C=O) groups excluding carboxylic acids is 2. The number of aromatic nitrogens is 1. The molecule has 0 aliphatic heterocycles. The third-order valence-electron chi connectivity index (χ3n) is 4.99. The molecular formula is C25H22ClN3O4. The summed E-state index contributed by atoms with van der Waals surface area (Å²) in [6.45, 7) is 2.64. The Morgan fingerprint density at radius 1 is 1.00 bits per heavy atom. The number of nitrogens with one attached hydrogen (secondary N) is 1. The van der Waals surface area contributed by atoms with Gasteiger partial charge in [0.25, 0.3) is 11.8 Å². The molecule has 0 saturated carbocycles. The Bertz CT molecular complexity index is 1230. The first-order valence-electron chi connectivity index (χ1n) is 10.3. The minimum Gasteiger partial charge on any atom is -0.467 e. The van der Waals surface area contributed by atoms with Crippen LogP contribution in [0.5, 0.6) is 0 Å². The molecule has 7 nitrogen and oxygen atoms in total. The number of hydrogen-bond donors (Lipinski definition) is 1. The number of benzene rings is 2. The second kappa shape index (κ2) is 10.2. The summed E-state index contributed by atoms with van der Waals surface area (Å²) in [6, 6.07) is 19.6. The largest absolute Gasteiger partial charge is 0.467 e. The van der Waals surface area contributed by atoms with E-state index in [2.05, 4.69) is 10.5 Å². The predicted octanol–water partition coefficient (Wildman–Crippen LogP) is 5.00. The summed E-state index contributed by atoms with van der Waals surface area (Å²) in [5.41, 5.74) is 2.61. The maximum Gasteiger partial charge on any atom is 0.273 e. The van der Waals surface area contributed by atoms with Gasteiger partial charge in [0.2, 0.25) is 0 Å². The van der Waals surface area contributed by atoms with E-state index >= 15 is 0 Å². The molecule has 0 atom stereocenters. The molecule has 0 bridgehead atoms. The molecule has 2 aromatic carbocycles. The van der Waals surface area contributed by atoms with Crippen molar-refractivity contribution in [2.24, 2.45) is 0 Å². The number of nitrogens with zero attached hydrogens (tertiary/aromatic N) is 2. The second-order valence-corrected chi connectivity index (χ2v) is 8.03. The molecule has 0 fully saturated rings. The SMILES string of the molecule is Cc1ccc(C(=O)N(Cc2ccco2)Cc2cc(C(=O)NCc3cccc(Cl)c3)no2)cc1. The molecule has 4 aromatic rings. The molecule has 2 amide bonds. The zero-order chi connectivity index (χ0) is 23.2. The van der Waals surface area contributed by atoms with Crippen molar-refractivity contribution < 1.29 is 18.5 Å². The van der Waals surface area contributed by atoms with Crippen LogP contribution in [0.4, 0.5) is 0 Å². The van der Waals surface area contributed by atoms with Crippen molar-refractivity contribution in [3.05, 3.63) is 112 Å². The van der Waals surface area contributed by atoms with Gasteiger partial charge in [0.1, 0.15) is 5.76 Å². The van der Waals surface area contributed by atoms with Gasteiger partial charge in [-0.15, -0.1) is 0 Å². The topological polar surface area (TPSA) is 88.6 Å². The highest BCUT2D eigenvalue weighted by atomic mass is 35.5. The predicted molar refractivity (Wildman–Crippen MR) is 123 cm³/mol. The van der Waals surface area contributed by atoms with Crippen LogP contribution < -0.4 is 5.32 Å². The first-order valence-corrected chi connectivity index (χ1v) is 10.7. The van der Waals surface area contributed by atoms with Gasteiger partial charge in [0.15, 0.2) is 11.5 Å². The molecule has 33 heavy (non-hydrogen) atoms. The smallest absolute Gasteiger partial charge is 0.273 e. The normalized spacial score (nSPS) is 10.7. The Labute approximate surface area is 195 Å². The second-order valence-electron chi connectivity index (χ2n) is 7.60. The quantitative estimate of drug-likeness (QED) is 0.397. The molecule has 0 spiro atoms. The van der Waals surface area contributed by atoms with Gasteiger partial charge >= 0.3 is 0 Å². The maximum atomic E-state index is 13.1. The van der Waals surface area contributed by atoms with Crippen molar-refractivity contribution in [1.29, 1.82) is 0 Å². The van der Waals surface area contributed by atoms with Crippen LogP contribution in [0.25, 0.3) is 0 Å². The molecule has 0 unspecified atom stereocenters. The molecule has 0 aliphatic rings. The van der Waals surface area contributed by atoms with Crippen LogP contribution in [0, 0.1) is 6.92 Å². The van der Waals surface area contributed by atoms with Crippen molar-refractivity contribution in [3.8, 4) is 0 Å². The molecule has 1 N–H and O–H groups in total.